The van der Waals surface area contributed by atoms with E-state index < -0.39 is 5.91 Å². The zero-order chi connectivity index (χ0) is 12.9. The van der Waals surface area contributed by atoms with Crippen LogP contribution in [0.15, 0.2) is 12.7 Å². The maximum atomic E-state index is 9.81. The predicted octanol–water partition coefficient (Wildman–Crippen LogP) is 1.63. The average Bonchev–Trinajstić information content (AvgIpc) is 2.19. The molecule has 0 aliphatic rings. The Morgan fingerprint density at radius 3 is 1.20 bits per heavy atom. The monoisotopic (exact) mass is 215 g/mol. The van der Waals surface area contributed by atoms with E-state index in [4.69, 9.17) is 0 Å². The van der Waals surface area contributed by atoms with Gasteiger partial charge in [0, 0.05) is 12.8 Å². The maximum absolute atomic E-state index is 9.81. The van der Waals surface area contributed by atoms with Crippen molar-refractivity contribution in [2.45, 2.75) is 40.5 Å². The molecule has 1 amide bonds. The van der Waals surface area contributed by atoms with Crippen molar-refractivity contribution in [3.05, 3.63) is 12.7 Å². The van der Waals surface area contributed by atoms with E-state index in [0.29, 0.717) is 12.8 Å². The van der Waals surface area contributed by atoms with Crippen LogP contribution in [0.2, 0.25) is 0 Å². The second-order valence-electron chi connectivity index (χ2n) is 2.72. The third-order valence-corrected chi connectivity index (χ3v) is 1.20. The number of rotatable bonds is 3. The van der Waals surface area contributed by atoms with Gasteiger partial charge in [-0.3, -0.25) is 4.79 Å². The summed E-state index contributed by atoms with van der Waals surface area (Å²) < 4.78 is 0. The first-order valence-electron chi connectivity index (χ1n) is 4.72. The molecule has 0 saturated carbocycles. The highest BCUT2D eigenvalue weighted by Gasteiger charge is 1.77. The summed E-state index contributed by atoms with van der Waals surface area (Å²) in [5.41, 5.74) is 4.53. The fourth-order valence-electron chi connectivity index (χ4n) is 0. The Kier molecular flexibility index (Phi) is 19.2. The minimum atomic E-state index is -0.481. The van der Waals surface area contributed by atoms with Crippen LogP contribution < -0.4 is 5.73 Å². The van der Waals surface area contributed by atoms with E-state index in [-0.39, 0.29) is 11.6 Å². The van der Waals surface area contributed by atoms with Crippen molar-refractivity contribution in [2.24, 2.45) is 5.73 Å². The van der Waals surface area contributed by atoms with E-state index in [1.165, 1.54) is 0 Å². The molecule has 0 spiro atoms. The molecule has 15 heavy (non-hydrogen) atoms. The van der Waals surface area contributed by atoms with Crippen LogP contribution in [0.5, 0.6) is 0 Å². The van der Waals surface area contributed by atoms with Gasteiger partial charge in [0.1, 0.15) is 11.6 Å². The third kappa shape index (κ3) is 67.5. The Labute approximate surface area is 91.5 Å². The van der Waals surface area contributed by atoms with Crippen LogP contribution in [-0.4, -0.2) is 17.5 Å². The number of amides is 1. The van der Waals surface area contributed by atoms with Crippen LogP contribution in [0.4, 0.5) is 0 Å². The first-order chi connectivity index (χ1) is 6.81. The summed E-state index contributed by atoms with van der Waals surface area (Å²) in [6, 6.07) is 0. The van der Waals surface area contributed by atoms with Gasteiger partial charge in [0.25, 0.3) is 0 Å². The molecule has 0 atom stereocenters. The maximum Gasteiger partial charge on any atom is 0.240 e. The van der Waals surface area contributed by atoms with E-state index in [1.54, 1.807) is 13.8 Å². The Bertz CT molecular complexity index is 196. The summed E-state index contributed by atoms with van der Waals surface area (Å²) >= 11 is 0. The summed E-state index contributed by atoms with van der Waals surface area (Å²) in [6.07, 6.45) is 2.39. The molecule has 0 saturated heterocycles. The van der Waals surface area contributed by atoms with Crippen LogP contribution in [0.1, 0.15) is 40.5 Å². The normalized spacial score (nSPS) is 7.20. The van der Waals surface area contributed by atoms with Crippen molar-refractivity contribution >= 4 is 17.5 Å². The molecule has 0 aliphatic heterocycles. The van der Waals surface area contributed by atoms with Gasteiger partial charge in [0.15, 0.2) is 0 Å². The molecule has 0 radical (unpaired) electrons. The van der Waals surface area contributed by atoms with Gasteiger partial charge < -0.3 is 15.3 Å². The molecular formula is C11H21NO3. The topological polar surface area (TPSA) is 77.2 Å². The average molecular weight is 215 g/mol. The minimum absolute atomic E-state index is 0.255. The van der Waals surface area contributed by atoms with Crippen LogP contribution in [0.3, 0.4) is 0 Å². The Balaban J connectivity index is -0.000000144. The van der Waals surface area contributed by atoms with E-state index in [9.17, 15) is 14.4 Å². The molecule has 0 unspecified atom stereocenters. The number of hydrogen-bond donors (Lipinski definition) is 1. The summed E-state index contributed by atoms with van der Waals surface area (Å²) in [5, 5.41) is 0. The number of primary amides is 1. The lowest BCUT2D eigenvalue weighted by atomic mass is 10.4. The highest BCUT2D eigenvalue weighted by atomic mass is 16.1. The van der Waals surface area contributed by atoms with Gasteiger partial charge in [-0.1, -0.05) is 20.4 Å². The molecule has 4 heteroatoms. The Morgan fingerprint density at radius 1 is 1.07 bits per heavy atom. The fraction of sp³-hybridized carbons (Fsp3) is 0.545. The van der Waals surface area contributed by atoms with Crippen molar-refractivity contribution in [1.82, 2.24) is 0 Å². The first-order valence-corrected chi connectivity index (χ1v) is 4.72. The predicted molar refractivity (Wildman–Crippen MR) is 61.3 cm³/mol. The number of carbonyl (C=O) groups excluding carboxylic acids is 3. The quantitative estimate of drug-likeness (QED) is 0.727. The Hall–Kier alpha value is -1.45. The second kappa shape index (κ2) is 15.0. The van der Waals surface area contributed by atoms with Crippen LogP contribution >= 0.6 is 0 Å². The van der Waals surface area contributed by atoms with E-state index in [2.05, 4.69) is 12.3 Å². The summed E-state index contributed by atoms with van der Waals surface area (Å²) in [4.78, 5) is 29.1. The molecule has 4 nitrogen and oxygen atoms in total. The molecule has 0 aromatic heterocycles. The van der Waals surface area contributed by atoms with Crippen molar-refractivity contribution in [3.8, 4) is 0 Å². The van der Waals surface area contributed by atoms with Crippen LogP contribution in [0.25, 0.3) is 0 Å². The minimum Gasteiger partial charge on any atom is -0.366 e. The zero-order valence-electron chi connectivity index (χ0n) is 10.0. The number of carbonyl (C=O) groups is 3. The highest BCUT2D eigenvalue weighted by Crippen LogP contribution is 1.72. The standard InChI is InChI=1S/2C4H8O.C3H5NO/c2*1-3-4(2)5;1-2-3(4)5/h2*3H2,1-2H3;2H,1H2,(H2,4,5). The molecule has 0 rings (SSSR count). The molecule has 0 fully saturated rings. The van der Waals surface area contributed by atoms with Gasteiger partial charge in [-0.15, -0.1) is 0 Å². The smallest absolute Gasteiger partial charge is 0.240 e. The zero-order valence-corrected chi connectivity index (χ0v) is 10.0. The van der Waals surface area contributed by atoms with Crippen molar-refractivity contribution in [1.29, 1.82) is 0 Å². The van der Waals surface area contributed by atoms with Crippen molar-refractivity contribution in [2.75, 3.05) is 0 Å². The SMILES string of the molecule is C=CC(N)=O.CCC(C)=O.CCC(C)=O. The van der Waals surface area contributed by atoms with E-state index >= 15 is 0 Å². The number of Topliss-reactive ketones (excluding diaryl/α,β-unsaturated/α-hetero) is 2. The first kappa shape index (κ1) is 19.2. The fourth-order valence-corrected chi connectivity index (χ4v) is 0. The molecule has 0 aromatic rings. The molecule has 88 valence electrons. The van der Waals surface area contributed by atoms with Crippen molar-refractivity contribution < 1.29 is 14.4 Å². The molecule has 0 bridgehead atoms. The third-order valence-electron chi connectivity index (χ3n) is 1.20. The number of nitrogens with two attached hydrogens (primary N) is 1. The van der Waals surface area contributed by atoms with Gasteiger partial charge in [0.05, 0.1) is 0 Å². The van der Waals surface area contributed by atoms with Crippen LogP contribution in [0, 0.1) is 0 Å². The molecular weight excluding hydrogens is 194 g/mol. The van der Waals surface area contributed by atoms with Crippen molar-refractivity contribution in [3.63, 3.8) is 0 Å². The molecule has 0 heterocycles. The lowest BCUT2D eigenvalue weighted by molar-refractivity contribution is -0.117. The summed E-state index contributed by atoms with van der Waals surface area (Å²) in [5.74, 6) is 0.0278. The van der Waals surface area contributed by atoms with Gasteiger partial charge in [-0.05, 0) is 19.9 Å². The highest BCUT2D eigenvalue weighted by molar-refractivity contribution is 5.84. The molecule has 0 aromatic carbocycles. The van der Waals surface area contributed by atoms with Gasteiger partial charge in [-0.25, -0.2) is 0 Å². The summed E-state index contributed by atoms with van der Waals surface area (Å²) in [7, 11) is 0. The van der Waals surface area contributed by atoms with Gasteiger partial charge in [0.2, 0.25) is 5.91 Å². The van der Waals surface area contributed by atoms with Gasteiger partial charge in [-0.2, -0.15) is 0 Å². The largest absolute Gasteiger partial charge is 0.366 e. The van der Waals surface area contributed by atoms with E-state index in [1.807, 2.05) is 13.8 Å². The Morgan fingerprint density at radius 2 is 1.20 bits per heavy atom. The number of hydrogen-bond acceptors (Lipinski definition) is 3. The lowest BCUT2D eigenvalue weighted by Crippen LogP contribution is -2.04. The summed E-state index contributed by atoms with van der Waals surface area (Å²) in [6.45, 7) is 9.95. The van der Waals surface area contributed by atoms with E-state index in [0.717, 1.165) is 6.08 Å². The van der Waals surface area contributed by atoms with Crippen LogP contribution in [-0.2, 0) is 14.4 Å². The molecule has 2 N–H and O–H groups in total. The lowest BCUT2D eigenvalue weighted by Gasteiger charge is -1.71. The van der Waals surface area contributed by atoms with Gasteiger partial charge >= 0.3 is 0 Å². The second-order valence-corrected chi connectivity index (χ2v) is 2.72. The molecule has 0 aliphatic carbocycles. The number of ketones is 2.